The van der Waals surface area contributed by atoms with Gasteiger partial charge in [-0.25, -0.2) is 4.68 Å². The molecule has 0 spiro atoms. The Morgan fingerprint density at radius 3 is 2.54 bits per heavy atom. The van der Waals surface area contributed by atoms with Crippen molar-refractivity contribution >= 4 is 17.5 Å². The molecule has 1 amide bonds. The topological polar surface area (TPSA) is 46.9 Å². The van der Waals surface area contributed by atoms with Crippen LogP contribution in [0.1, 0.15) is 73.6 Å². The summed E-state index contributed by atoms with van der Waals surface area (Å²) in [5.74, 6) is 0.926. The van der Waals surface area contributed by atoms with E-state index in [1.165, 1.54) is 24.1 Å². The second-order valence-electron chi connectivity index (χ2n) is 7.95. The lowest BCUT2D eigenvalue weighted by molar-refractivity contribution is 0.0912. The average Bonchev–Trinajstić information content (AvgIpc) is 3.18. The van der Waals surface area contributed by atoms with E-state index in [1.54, 1.807) is 0 Å². The van der Waals surface area contributed by atoms with Gasteiger partial charge in [0.25, 0.3) is 5.91 Å². The van der Waals surface area contributed by atoms with Gasteiger partial charge in [-0.05, 0) is 70.2 Å². The van der Waals surface area contributed by atoms with Crippen molar-refractivity contribution in [1.82, 2.24) is 15.1 Å². The van der Waals surface area contributed by atoms with E-state index in [-0.39, 0.29) is 11.4 Å². The molecule has 24 heavy (non-hydrogen) atoms. The Bertz CT molecular complexity index is 801. The molecule has 5 heteroatoms. The Hall–Kier alpha value is -1.81. The first-order chi connectivity index (χ1) is 11.3. The molecule has 1 aromatic heterocycles. The molecule has 2 aromatic rings. The van der Waals surface area contributed by atoms with Crippen LogP contribution in [0.2, 0.25) is 5.02 Å². The number of amides is 1. The molecule has 1 aromatic carbocycles. The van der Waals surface area contributed by atoms with E-state index in [4.69, 9.17) is 16.7 Å². The van der Waals surface area contributed by atoms with Crippen LogP contribution in [0.4, 0.5) is 0 Å². The van der Waals surface area contributed by atoms with Gasteiger partial charge in [-0.1, -0.05) is 11.6 Å². The minimum Gasteiger partial charge on any atom is -0.346 e. The Morgan fingerprint density at radius 1 is 1.21 bits per heavy atom. The zero-order valence-electron chi connectivity index (χ0n) is 14.3. The van der Waals surface area contributed by atoms with Crippen LogP contribution in [-0.2, 0) is 0 Å². The van der Waals surface area contributed by atoms with Gasteiger partial charge in [0.15, 0.2) is 5.69 Å². The number of benzene rings is 1. The standard InChI is InChI=1S/C19H22ClN3O/c1-19(2,3)21-18(24)16-15-11-4-5-12(10-11)17(15)23(22-16)14-8-6-13(20)7-9-14/h6-9,11-12H,4-5,10H2,1-3H3,(H,21,24)/t11-,12+/m0/s1. The van der Waals surface area contributed by atoms with Gasteiger partial charge in [0.05, 0.1) is 11.4 Å². The van der Waals surface area contributed by atoms with E-state index in [0.717, 1.165) is 12.1 Å². The number of nitrogens with zero attached hydrogens (tertiary/aromatic N) is 2. The summed E-state index contributed by atoms with van der Waals surface area (Å²) in [7, 11) is 0. The predicted molar refractivity (Wildman–Crippen MR) is 95.1 cm³/mol. The molecule has 0 aliphatic heterocycles. The maximum Gasteiger partial charge on any atom is 0.272 e. The second-order valence-corrected chi connectivity index (χ2v) is 8.38. The van der Waals surface area contributed by atoms with Crippen LogP contribution < -0.4 is 5.32 Å². The van der Waals surface area contributed by atoms with Crippen molar-refractivity contribution in [3.8, 4) is 5.69 Å². The summed E-state index contributed by atoms with van der Waals surface area (Å²) in [4.78, 5) is 12.8. The van der Waals surface area contributed by atoms with E-state index >= 15 is 0 Å². The number of fused-ring (bicyclic) bond motifs is 5. The van der Waals surface area contributed by atoms with Gasteiger partial charge in [-0.3, -0.25) is 4.79 Å². The largest absolute Gasteiger partial charge is 0.346 e. The van der Waals surface area contributed by atoms with E-state index in [1.807, 2.05) is 49.7 Å². The average molecular weight is 344 g/mol. The highest BCUT2D eigenvalue weighted by Gasteiger charge is 2.44. The summed E-state index contributed by atoms with van der Waals surface area (Å²) >= 11 is 6.01. The summed E-state index contributed by atoms with van der Waals surface area (Å²) in [5.41, 5.74) is 3.70. The highest BCUT2D eigenvalue weighted by atomic mass is 35.5. The van der Waals surface area contributed by atoms with Gasteiger partial charge < -0.3 is 5.32 Å². The highest BCUT2D eigenvalue weighted by molar-refractivity contribution is 6.30. The SMILES string of the molecule is CC(C)(C)NC(=O)c1nn(-c2ccc(Cl)cc2)c2c1[C@H]1CC[C@@H]2C1. The van der Waals surface area contributed by atoms with Crippen LogP contribution in [0.15, 0.2) is 24.3 Å². The number of hydrogen-bond acceptors (Lipinski definition) is 2. The van der Waals surface area contributed by atoms with E-state index in [0.29, 0.717) is 22.6 Å². The summed E-state index contributed by atoms with van der Waals surface area (Å²) < 4.78 is 1.97. The van der Waals surface area contributed by atoms with Gasteiger partial charge in [0, 0.05) is 22.0 Å². The fourth-order valence-corrected chi connectivity index (χ4v) is 4.20. The van der Waals surface area contributed by atoms with E-state index in [2.05, 4.69) is 5.32 Å². The number of nitrogens with one attached hydrogen (secondary N) is 1. The third-order valence-electron chi connectivity index (χ3n) is 4.96. The molecule has 1 heterocycles. The molecule has 4 rings (SSSR count). The van der Waals surface area contributed by atoms with Crippen molar-refractivity contribution in [3.05, 3.63) is 46.2 Å². The van der Waals surface area contributed by atoms with Gasteiger partial charge in [-0.15, -0.1) is 0 Å². The van der Waals surface area contributed by atoms with Crippen molar-refractivity contribution in [1.29, 1.82) is 0 Å². The maximum atomic E-state index is 12.8. The molecule has 2 atom stereocenters. The fraction of sp³-hybridized carbons (Fsp3) is 0.474. The smallest absolute Gasteiger partial charge is 0.272 e. The molecule has 1 fully saturated rings. The molecule has 0 unspecified atom stereocenters. The van der Waals surface area contributed by atoms with Crippen molar-refractivity contribution in [2.75, 3.05) is 0 Å². The van der Waals surface area contributed by atoms with Gasteiger partial charge in [-0.2, -0.15) is 5.10 Å². The fourth-order valence-electron chi connectivity index (χ4n) is 4.08. The molecule has 4 nitrogen and oxygen atoms in total. The lowest BCUT2D eigenvalue weighted by Crippen LogP contribution is -2.41. The zero-order chi connectivity index (χ0) is 17.1. The molecule has 2 aliphatic rings. The summed E-state index contributed by atoms with van der Waals surface area (Å²) in [6, 6.07) is 7.67. The number of carbonyl (C=O) groups excluding carboxylic acids is 1. The summed E-state index contributed by atoms with van der Waals surface area (Å²) in [6.45, 7) is 5.98. The highest BCUT2D eigenvalue weighted by Crippen LogP contribution is 2.54. The van der Waals surface area contributed by atoms with Crippen LogP contribution in [0.5, 0.6) is 0 Å². The van der Waals surface area contributed by atoms with Gasteiger partial charge in [0.2, 0.25) is 0 Å². The summed E-state index contributed by atoms with van der Waals surface area (Å²) in [6.07, 6.45) is 3.51. The molecule has 2 bridgehead atoms. The predicted octanol–water partition coefficient (Wildman–Crippen LogP) is 4.42. The molecule has 0 radical (unpaired) electrons. The zero-order valence-corrected chi connectivity index (χ0v) is 15.0. The minimum atomic E-state index is -0.272. The van der Waals surface area contributed by atoms with Crippen LogP contribution in [-0.4, -0.2) is 21.2 Å². The Kier molecular flexibility index (Phi) is 3.50. The maximum absolute atomic E-state index is 12.8. The Balaban J connectivity index is 1.82. The Morgan fingerprint density at radius 2 is 1.88 bits per heavy atom. The molecule has 0 saturated heterocycles. The number of rotatable bonds is 2. The first-order valence-electron chi connectivity index (χ1n) is 8.55. The van der Waals surface area contributed by atoms with Crippen LogP contribution in [0.25, 0.3) is 5.69 Å². The number of aromatic nitrogens is 2. The molecule has 2 aliphatic carbocycles. The second kappa shape index (κ2) is 5.35. The molecule has 1 saturated carbocycles. The number of hydrogen-bond donors (Lipinski definition) is 1. The third kappa shape index (κ3) is 2.53. The number of carbonyl (C=O) groups is 1. The minimum absolute atomic E-state index is 0.0704. The first kappa shape index (κ1) is 15.7. The van der Waals surface area contributed by atoms with Crippen molar-refractivity contribution in [3.63, 3.8) is 0 Å². The Labute approximate surface area is 147 Å². The van der Waals surface area contributed by atoms with Crippen LogP contribution in [0.3, 0.4) is 0 Å². The molecular formula is C19H22ClN3O. The normalized spacial score (nSPS) is 21.8. The van der Waals surface area contributed by atoms with Crippen molar-refractivity contribution in [2.45, 2.75) is 57.4 Å². The van der Waals surface area contributed by atoms with Crippen molar-refractivity contribution < 1.29 is 4.79 Å². The quantitative estimate of drug-likeness (QED) is 0.877. The van der Waals surface area contributed by atoms with Crippen molar-refractivity contribution in [2.24, 2.45) is 0 Å². The van der Waals surface area contributed by atoms with Gasteiger partial charge >= 0.3 is 0 Å². The lowest BCUT2D eigenvalue weighted by Gasteiger charge is -2.20. The molecule has 126 valence electrons. The van der Waals surface area contributed by atoms with E-state index < -0.39 is 0 Å². The summed E-state index contributed by atoms with van der Waals surface area (Å²) in [5, 5.41) is 8.48. The van der Waals surface area contributed by atoms with Crippen LogP contribution in [0, 0.1) is 0 Å². The monoisotopic (exact) mass is 343 g/mol. The number of halogens is 1. The first-order valence-corrected chi connectivity index (χ1v) is 8.92. The lowest BCUT2D eigenvalue weighted by atomic mass is 9.95. The van der Waals surface area contributed by atoms with E-state index in [9.17, 15) is 4.79 Å². The third-order valence-corrected chi connectivity index (χ3v) is 5.21. The van der Waals surface area contributed by atoms with Gasteiger partial charge in [0.1, 0.15) is 0 Å². The molecule has 1 N–H and O–H groups in total. The van der Waals surface area contributed by atoms with Crippen LogP contribution >= 0.6 is 11.6 Å². The molecular weight excluding hydrogens is 322 g/mol.